The molecule has 8 rings (SSSR count). The van der Waals surface area contributed by atoms with Crippen LogP contribution in [0.1, 0.15) is 56.3 Å². The molecule has 0 amide bonds. The topological polar surface area (TPSA) is 44.3 Å². The standard InChI is InChI=1S/C35H33ClF3N5/c1-2-23-25(37)11-8-20-6-3-7-24(27(20)23)28-31(38)30(36)29-33(32(28)39)41-26(12-15-35-13-4-16-44(35)17-5-14-35)42-34(29)43-18-21-9-10-22(19-43)40-21/h1,3,6-8,11,21-22,40H,4-5,9-10,12-19H2. The molecule has 1 N–H and O–H groups in total. The summed E-state index contributed by atoms with van der Waals surface area (Å²) in [5.41, 5.74) is -0.134. The molecule has 4 aliphatic heterocycles. The minimum atomic E-state index is -0.932. The fraction of sp³-hybridized carbons (Fsp3) is 0.429. The molecule has 2 atom stereocenters. The van der Waals surface area contributed by atoms with Gasteiger partial charge in [-0.15, -0.1) is 6.42 Å². The van der Waals surface area contributed by atoms with Crippen LogP contribution in [0, 0.1) is 29.8 Å². The van der Waals surface area contributed by atoms with Crippen molar-refractivity contribution in [1.29, 1.82) is 0 Å². The van der Waals surface area contributed by atoms with Crippen molar-refractivity contribution in [1.82, 2.24) is 20.2 Å². The van der Waals surface area contributed by atoms with Gasteiger partial charge >= 0.3 is 0 Å². The minimum absolute atomic E-state index is 0.0138. The molecule has 44 heavy (non-hydrogen) atoms. The second-order valence-corrected chi connectivity index (χ2v) is 13.3. The average molecular weight is 616 g/mol. The molecule has 2 bridgehead atoms. The van der Waals surface area contributed by atoms with Crippen molar-refractivity contribution in [2.24, 2.45) is 0 Å². The van der Waals surface area contributed by atoms with E-state index in [1.165, 1.54) is 18.9 Å². The van der Waals surface area contributed by atoms with Crippen LogP contribution in [0.5, 0.6) is 0 Å². The lowest BCUT2D eigenvalue weighted by molar-refractivity contribution is 0.182. The van der Waals surface area contributed by atoms with Gasteiger partial charge < -0.3 is 10.2 Å². The summed E-state index contributed by atoms with van der Waals surface area (Å²) in [7, 11) is 0. The van der Waals surface area contributed by atoms with Crippen molar-refractivity contribution < 1.29 is 13.2 Å². The van der Waals surface area contributed by atoms with Crippen LogP contribution in [0.2, 0.25) is 5.02 Å². The van der Waals surface area contributed by atoms with Crippen LogP contribution < -0.4 is 10.2 Å². The molecule has 4 aromatic rings. The second-order valence-electron chi connectivity index (χ2n) is 12.9. The number of piperazine rings is 1. The van der Waals surface area contributed by atoms with Crippen LogP contribution in [-0.2, 0) is 6.42 Å². The van der Waals surface area contributed by atoms with Gasteiger partial charge in [0, 0.05) is 42.5 Å². The van der Waals surface area contributed by atoms with Gasteiger partial charge in [-0.2, -0.15) is 0 Å². The zero-order valence-corrected chi connectivity index (χ0v) is 25.2. The molecule has 5 heterocycles. The number of fused-ring (bicyclic) bond motifs is 5. The molecule has 4 saturated heterocycles. The fourth-order valence-electron chi connectivity index (χ4n) is 8.52. The van der Waals surface area contributed by atoms with Gasteiger partial charge in [-0.1, -0.05) is 41.8 Å². The van der Waals surface area contributed by atoms with Crippen molar-refractivity contribution in [3.8, 4) is 23.5 Å². The summed E-state index contributed by atoms with van der Waals surface area (Å²) in [5.74, 6) is 0.994. The van der Waals surface area contributed by atoms with Crippen LogP contribution in [0.15, 0.2) is 30.3 Å². The molecule has 4 aliphatic rings. The lowest BCUT2D eigenvalue weighted by atomic mass is 9.88. The summed E-state index contributed by atoms with van der Waals surface area (Å²) in [6, 6.07) is 8.36. The number of aromatic nitrogens is 2. The van der Waals surface area contributed by atoms with E-state index in [2.05, 4.69) is 21.0 Å². The summed E-state index contributed by atoms with van der Waals surface area (Å²) >= 11 is 6.84. The predicted octanol–water partition coefficient (Wildman–Crippen LogP) is 7.00. The number of nitrogens with zero attached hydrogens (tertiary/aromatic N) is 4. The minimum Gasteiger partial charge on any atom is -0.353 e. The summed E-state index contributed by atoms with van der Waals surface area (Å²) in [4.78, 5) is 14.5. The molecule has 0 saturated carbocycles. The average Bonchev–Trinajstić information content (AvgIpc) is 3.72. The molecule has 2 unspecified atom stereocenters. The van der Waals surface area contributed by atoms with Gasteiger partial charge in [0.05, 0.1) is 21.5 Å². The largest absolute Gasteiger partial charge is 0.353 e. The molecule has 5 nitrogen and oxygen atoms in total. The number of anilines is 1. The number of halogens is 4. The maximum absolute atomic E-state index is 16.9. The van der Waals surface area contributed by atoms with E-state index in [9.17, 15) is 4.39 Å². The zero-order valence-electron chi connectivity index (χ0n) is 24.4. The Morgan fingerprint density at radius 2 is 1.73 bits per heavy atom. The Morgan fingerprint density at radius 3 is 2.45 bits per heavy atom. The van der Waals surface area contributed by atoms with E-state index >= 15 is 8.78 Å². The molecule has 0 spiro atoms. The maximum atomic E-state index is 16.9. The second kappa shape index (κ2) is 10.6. The highest BCUT2D eigenvalue weighted by atomic mass is 35.5. The Hall–Kier alpha value is -3.38. The summed E-state index contributed by atoms with van der Waals surface area (Å²) in [6.45, 7) is 3.58. The van der Waals surface area contributed by atoms with Gasteiger partial charge in [-0.25, -0.2) is 23.1 Å². The Kier molecular flexibility index (Phi) is 6.78. The first-order chi connectivity index (χ1) is 21.4. The SMILES string of the molecule is C#Cc1c(F)ccc2cccc(-c3c(F)c(Cl)c4c(N5CC6CCC(C5)N6)nc(CCC56CCCN5CCC6)nc4c3F)c12. The first-order valence-electron chi connectivity index (χ1n) is 15.7. The normalized spacial score (nSPS) is 22.7. The molecule has 1 aromatic heterocycles. The quantitative estimate of drug-likeness (QED) is 0.193. The third-order valence-electron chi connectivity index (χ3n) is 10.5. The lowest BCUT2D eigenvalue weighted by Crippen LogP contribution is -2.51. The number of rotatable bonds is 5. The Bertz CT molecular complexity index is 1850. The first-order valence-corrected chi connectivity index (χ1v) is 16.1. The van der Waals surface area contributed by atoms with E-state index in [0.29, 0.717) is 36.5 Å². The number of nitrogens with one attached hydrogen (secondary N) is 1. The summed E-state index contributed by atoms with van der Waals surface area (Å²) in [5, 5.41) is 4.40. The van der Waals surface area contributed by atoms with Gasteiger partial charge in [0.15, 0.2) is 11.6 Å². The Morgan fingerprint density at radius 1 is 0.977 bits per heavy atom. The summed E-state index contributed by atoms with van der Waals surface area (Å²) < 4.78 is 48.2. The molecular formula is C35H33ClF3N5. The number of hydrogen-bond donors (Lipinski definition) is 1. The zero-order chi connectivity index (χ0) is 30.2. The molecule has 9 heteroatoms. The van der Waals surface area contributed by atoms with Crippen LogP contribution in [0.3, 0.4) is 0 Å². The highest BCUT2D eigenvalue weighted by molar-refractivity contribution is 6.37. The van der Waals surface area contributed by atoms with E-state index < -0.39 is 17.5 Å². The van der Waals surface area contributed by atoms with Crippen molar-refractivity contribution in [2.45, 2.75) is 69.0 Å². The molecule has 3 aromatic carbocycles. The van der Waals surface area contributed by atoms with Crippen LogP contribution in [-0.4, -0.2) is 58.7 Å². The number of aryl methyl sites for hydroxylation is 1. The number of terminal acetylenes is 1. The van der Waals surface area contributed by atoms with E-state index in [4.69, 9.17) is 28.0 Å². The van der Waals surface area contributed by atoms with Crippen molar-refractivity contribution in [3.05, 3.63) is 64.2 Å². The van der Waals surface area contributed by atoms with Gasteiger partial charge in [0.1, 0.15) is 23.0 Å². The van der Waals surface area contributed by atoms with E-state index in [1.54, 1.807) is 24.3 Å². The van der Waals surface area contributed by atoms with Crippen molar-refractivity contribution in [3.63, 3.8) is 0 Å². The lowest BCUT2D eigenvalue weighted by Gasteiger charge is -2.35. The third-order valence-corrected chi connectivity index (χ3v) is 10.9. The van der Waals surface area contributed by atoms with E-state index in [1.807, 2.05) is 0 Å². The molecular weight excluding hydrogens is 583 g/mol. The Balaban J connectivity index is 1.33. The number of benzene rings is 3. The highest BCUT2D eigenvalue weighted by Gasteiger charge is 2.44. The van der Waals surface area contributed by atoms with Crippen LogP contribution >= 0.6 is 11.6 Å². The van der Waals surface area contributed by atoms with Gasteiger partial charge in [-0.3, -0.25) is 4.90 Å². The number of hydrogen-bond acceptors (Lipinski definition) is 5. The fourth-order valence-corrected chi connectivity index (χ4v) is 8.79. The molecule has 226 valence electrons. The van der Waals surface area contributed by atoms with Gasteiger partial charge in [0.25, 0.3) is 0 Å². The van der Waals surface area contributed by atoms with Gasteiger partial charge in [-0.05, 0) is 75.1 Å². The first kappa shape index (κ1) is 28.1. The van der Waals surface area contributed by atoms with Gasteiger partial charge in [0.2, 0.25) is 0 Å². The monoisotopic (exact) mass is 615 g/mol. The third kappa shape index (κ3) is 4.31. The predicted molar refractivity (Wildman–Crippen MR) is 169 cm³/mol. The van der Waals surface area contributed by atoms with Crippen molar-refractivity contribution >= 4 is 39.1 Å². The molecule has 0 radical (unpaired) electrons. The van der Waals surface area contributed by atoms with E-state index in [0.717, 1.165) is 45.2 Å². The smallest absolute Gasteiger partial charge is 0.160 e. The van der Waals surface area contributed by atoms with Crippen molar-refractivity contribution in [2.75, 3.05) is 31.1 Å². The Labute approximate surface area is 259 Å². The van der Waals surface area contributed by atoms with Crippen LogP contribution in [0.4, 0.5) is 19.0 Å². The molecule has 0 aliphatic carbocycles. The van der Waals surface area contributed by atoms with E-state index in [-0.39, 0.29) is 55.6 Å². The molecule has 4 fully saturated rings. The van der Waals surface area contributed by atoms with Crippen LogP contribution in [0.25, 0.3) is 32.8 Å². The highest BCUT2D eigenvalue weighted by Crippen LogP contribution is 2.45. The maximum Gasteiger partial charge on any atom is 0.160 e. The summed E-state index contributed by atoms with van der Waals surface area (Å²) in [6.07, 6.45) is 13.9.